The number of carbonyl (C=O) groups excluding carboxylic acids is 2. The summed E-state index contributed by atoms with van der Waals surface area (Å²) in [6.45, 7) is -0.211. The summed E-state index contributed by atoms with van der Waals surface area (Å²) >= 11 is 0. The Hall–Kier alpha value is -4.07. The highest BCUT2D eigenvalue weighted by Gasteiger charge is 2.15. The zero-order valence-corrected chi connectivity index (χ0v) is 15.6. The lowest BCUT2D eigenvalue weighted by molar-refractivity contribution is -0.607. The number of methoxy groups -OCH3 is 1. The van der Waals surface area contributed by atoms with E-state index in [2.05, 4.69) is 10.6 Å². The van der Waals surface area contributed by atoms with Gasteiger partial charge in [-0.2, -0.15) is 4.73 Å². The number of nitrogens with one attached hydrogen (secondary N) is 2. The van der Waals surface area contributed by atoms with Crippen LogP contribution in [0.15, 0.2) is 72.9 Å². The molecular formula is C21H19N3O5. The molecule has 0 unspecified atom stereocenters. The molecule has 8 heteroatoms. The quantitative estimate of drug-likeness (QED) is 0.474. The highest BCUT2D eigenvalue weighted by atomic mass is 16.5. The zero-order chi connectivity index (χ0) is 20.6. The van der Waals surface area contributed by atoms with Gasteiger partial charge < -0.3 is 25.3 Å². The molecule has 3 aromatic rings. The van der Waals surface area contributed by atoms with Gasteiger partial charge in [-0.1, -0.05) is 18.2 Å². The Balaban J connectivity index is 1.60. The summed E-state index contributed by atoms with van der Waals surface area (Å²) < 4.78 is 11.1. The number of nitrogens with zero attached hydrogens (tertiary/aromatic N) is 1. The van der Waals surface area contributed by atoms with Crippen LogP contribution >= 0.6 is 0 Å². The highest BCUT2D eigenvalue weighted by molar-refractivity contribution is 6.02. The van der Waals surface area contributed by atoms with Crippen LogP contribution < -0.4 is 24.8 Å². The minimum atomic E-state index is -0.552. The lowest BCUT2D eigenvalue weighted by Crippen LogP contribution is -2.36. The van der Waals surface area contributed by atoms with Crippen LogP contribution in [0.3, 0.4) is 0 Å². The van der Waals surface area contributed by atoms with E-state index < -0.39 is 5.91 Å². The first kappa shape index (κ1) is 19.7. The van der Waals surface area contributed by atoms with Crippen molar-refractivity contribution in [1.82, 2.24) is 0 Å². The van der Waals surface area contributed by atoms with Gasteiger partial charge >= 0.3 is 5.91 Å². The summed E-state index contributed by atoms with van der Waals surface area (Å²) in [5.41, 5.74) is 0.869. The fraction of sp³-hybridized carbons (Fsp3) is 0.0952. The number of benzene rings is 2. The summed E-state index contributed by atoms with van der Waals surface area (Å²) in [5, 5.41) is 17.0. The first-order valence-corrected chi connectivity index (χ1v) is 8.72. The molecule has 29 heavy (non-hydrogen) atoms. The predicted octanol–water partition coefficient (Wildman–Crippen LogP) is 2.60. The average molecular weight is 393 g/mol. The van der Waals surface area contributed by atoms with Crippen molar-refractivity contribution in [2.24, 2.45) is 0 Å². The highest BCUT2D eigenvalue weighted by Crippen LogP contribution is 2.25. The Labute approximate surface area is 167 Å². The molecule has 0 aliphatic rings. The number of carbonyl (C=O) groups is 2. The van der Waals surface area contributed by atoms with Crippen molar-refractivity contribution in [2.75, 3.05) is 24.4 Å². The molecule has 1 heterocycles. The fourth-order valence-electron chi connectivity index (χ4n) is 2.55. The van der Waals surface area contributed by atoms with Gasteiger partial charge in [0.05, 0.1) is 7.11 Å². The molecular weight excluding hydrogens is 374 g/mol. The van der Waals surface area contributed by atoms with Crippen LogP contribution in [-0.2, 0) is 4.79 Å². The third-order valence-electron chi connectivity index (χ3n) is 3.89. The first-order valence-electron chi connectivity index (χ1n) is 8.72. The van der Waals surface area contributed by atoms with E-state index in [0.717, 1.165) is 0 Å². The van der Waals surface area contributed by atoms with Crippen molar-refractivity contribution in [3.8, 4) is 11.5 Å². The van der Waals surface area contributed by atoms with Crippen LogP contribution in [-0.4, -0.2) is 25.5 Å². The zero-order valence-electron chi connectivity index (χ0n) is 15.6. The monoisotopic (exact) mass is 393 g/mol. The van der Waals surface area contributed by atoms with Crippen molar-refractivity contribution in [3.63, 3.8) is 0 Å². The van der Waals surface area contributed by atoms with E-state index in [-0.39, 0.29) is 18.2 Å². The van der Waals surface area contributed by atoms with Crippen LogP contribution in [0.2, 0.25) is 0 Å². The maximum atomic E-state index is 12.2. The molecule has 0 saturated heterocycles. The van der Waals surface area contributed by atoms with Crippen molar-refractivity contribution >= 4 is 23.2 Å². The topological polar surface area (TPSA) is 104 Å². The number of pyridine rings is 1. The minimum Gasteiger partial charge on any atom is -0.618 e. The van der Waals surface area contributed by atoms with Gasteiger partial charge in [0.1, 0.15) is 0 Å². The van der Waals surface area contributed by atoms with Crippen LogP contribution in [0.4, 0.5) is 11.4 Å². The first-order chi connectivity index (χ1) is 14.1. The molecule has 3 rings (SSSR count). The lowest BCUT2D eigenvalue weighted by Gasteiger charge is -2.11. The van der Waals surface area contributed by atoms with Crippen molar-refractivity contribution in [1.29, 1.82) is 0 Å². The second kappa shape index (κ2) is 9.23. The molecule has 2 amide bonds. The van der Waals surface area contributed by atoms with Crippen LogP contribution in [0.1, 0.15) is 10.5 Å². The predicted molar refractivity (Wildman–Crippen MR) is 107 cm³/mol. The SMILES string of the molecule is COc1ccccc1OCC(=O)Nc1cccc(NC(=O)c2cccc[n+]2[O-])c1. The van der Waals surface area contributed by atoms with Crippen LogP contribution in [0, 0.1) is 5.21 Å². The normalized spacial score (nSPS) is 10.1. The molecule has 0 aliphatic carbocycles. The van der Waals surface area contributed by atoms with Gasteiger partial charge in [-0.05, 0) is 36.4 Å². The van der Waals surface area contributed by atoms with Gasteiger partial charge in [-0.25, -0.2) is 0 Å². The number of para-hydroxylation sites is 2. The lowest BCUT2D eigenvalue weighted by atomic mass is 10.2. The van der Waals surface area contributed by atoms with Gasteiger partial charge in [0.2, 0.25) is 0 Å². The van der Waals surface area contributed by atoms with Gasteiger partial charge in [-0.15, -0.1) is 0 Å². The molecule has 0 bridgehead atoms. The molecule has 1 aromatic heterocycles. The van der Waals surface area contributed by atoms with E-state index in [1.54, 1.807) is 54.6 Å². The van der Waals surface area contributed by atoms with Crippen LogP contribution in [0.5, 0.6) is 11.5 Å². The summed E-state index contributed by atoms with van der Waals surface area (Å²) in [4.78, 5) is 24.4. The molecule has 0 fully saturated rings. The summed E-state index contributed by atoms with van der Waals surface area (Å²) in [6, 6.07) is 18.1. The molecule has 0 aliphatic heterocycles. The number of ether oxygens (including phenoxy) is 2. The Bertz CT molecular complexity index is 1020. The number of hydrogen-bond donors (Lipinski definition) is 2. The van der Waals surface area contributed by atoms with Crippen molar-refractivity contribution in [3.05, 3.63) is 83.8 Å². The molecule has 2 N–H and O–H groups in total. The average Bonchev–Trinajstić information content (AvgIpc) is 2.73. The maximum absolute atomic E-state index is 12.2. The van der Waals surface area contributed by atoms with Crippen molar-refractivity contribution in [2.45, 2.75) is 0 Å². The molecule has 0 saturated carbocycles. The van der Waals surface area contributed by atoms with E-state index >= 15 is 0 Å². The summed E-state index contributed by atoms with van der Waals surface area (Å²) in [5.74, 6) is 0.0601. The molecule has 0 radical (unpaired) electrons. The van der Waals surface area contributed by atoms with Gasteiger partial charge in [0.15, 0.2) is 24.3 Å². The van der Waals surface area contributed by atoms with E-state index in [9.17, 15) is 14.8 Å². The molecule has 0 spiro atoms. The largest absolute Gasteiger partial charge is 0.618 e. The second-order valence-corrected chi connectivity index (χ2v) is 5.93. The molecule has 0 atom stereocenters. The Morgan fingerprint density at radius 2 is 1.62 bits per heavy atom. The maximum Gasteiger partial charge on any atom is 0.321 e. The Morgan fingerprint density at radius 1 is 0.931 bits per heavy atom. The molecule has 148 valence electrons. The number of aromatic nitrogens is 1. The standard InChI is InChI=1S/C21H19N3O5/c1-28-18-10-2-3-11-19(18)29-14-20(25)22-15-7-6-8-16(13-15)23-21(26)17-9-4-5-12-24(17)27/h2-13H,14H2,1H3,(H,22,25)(H,23,26). The summed E-state index contributed by atoms with van der Waals surface area (Å²) in [7, 11) is 1.52. The Morgan fingerprint density at radius 3 is 2.34 bits per heavy atom. The molecule has 2 aromatic carbocycles. The van der Waals surface area contributed by atoms with E-state index in [1.807, 2.05) is 0 Å². The fourth-order valence-corrected chi connectivity index (χ4v) is 2.55. The third-order valence-corrected chi connectivity index (χ3v) is 3.89. The van der Waals surface area contributed by atoms with E-state index in [0.29, 0.717) is 27.6 Å². The number of amides is 2. The molecule has 8 nitrogen and oxygen atoms in total. The summed E-state index contributed by atoms with van der Waals surface area (Å²) in [6.07, 6.45) is 1.24. The number of anilines is 2. The van der Waals surface area contributed by atoms with Gasteiger partial charge in [0, 0.05) is 23.5 Å². The van der Waals surface area contributed by atoms with Gasteiger partial charge in [-0.3, -0.25) is 9.59 Å². The minimum absolute atomic E-state index is 0.0350. The van der Waals surface area contributed by atoms with E-state index in [1.165, 1.54) is 25.4 Å². The third kappa shape index (κ3) is 5.23. The van der Waals surface area contributed by atoms with Crippen LogP contribution in [0.25, 0.3) is 0 Å². The number of rotatable bonds is 7. The second-order valence-electron chi connectivity index (χ2n) is 5.93. The van der Waals surface area contributed by atoms with Crippen molar-refractivity contribution < 1.29 is 23.8 Å². The van der Waals surface area contributed by atoms with Gasteiger partial charge in [0.25, 0.3) is 11.6 Å². The number of hydrogen-bond acceptors (Lipinski definition) is 5. The smallest absolute Gasteiger partial charge is 0.321 e. The Kier molecular flexibility index (Phi) is 6.26. The van der Waals surface area contributed by atoms with E-state index in [4.69, 9.17) is 9.47 Å².